The Hall–Kier alpha value is -5.31. The summed E-state index contributed by atoms with van der Waals surface area (Å²) < 4.78 is 52.2. The fraction of sp³-hybridized carbons (Fsp3) is 0.772. The van der Waals surface area contributed by atoms with Gasteiger partial charge >= 0.3 is 0 Å². The Kier molecular flexibility index (Phi) is 55.6. The van der Waals surface area contributed by atoms with Crippen molar-refractivity contribution in [2.45, 2.75) is 254 Å². The summed E-state index contributed by atoms with van der Waals surface area (Å²) >= 11 is 0. The number of carbonyl (C=O) groups is 4. The summed E-state index contributed by atoms with van der Waals surface area (Å²) in [7, 11) is 0. The highest BCUT2D eigenvalue weighted by Gasteiger charge is 2.35. The maximum absolute atomic E-state index is 13.6. The number of ether oxygens (including phenoxy) is 9. The first-order chi connectivity index (χ1) is 48.1. The summed E-state index contributed by atoms with van der Waals surface area (Å²) in [4.78, 5) is 54.5. The van der Waals surface area contributed by atoms with E-state index >= 15 is 0 Å². The van der Waals surface area contributed by atoms with E-state index in [-0.39, 0.29) is 81.4 Å². The van der Waals surface area contributed by atoms with Crippen LogP contribution >= 0.6 is 0 Å². The van der Waals surface area contributed by atoms with Gasteiger partial charge in [-0.1, -0.05) is 159 Å². The first kappa shape index (κ1) is 89.8. The lowest BCUT2D eigenvalue weighted by Gasteiger charge is -2.38. The molecule has 99 heavy (non-hydrogen) atoms. The summed E-state index contributed by atoms with van der Waals surface area (Å²) in [5, 5.41) is 15.0. The van der Waals surface area contributed by atoms with Crippen LogP contribution in [0.4, 0.5) is 0 Å². The molecular weight excluding hydrogens is 1250 g/mol. The van der Waals surface area contributed by atoms with E-state index in [9.17, 15) is 19.2 Å². The van der Waals surface area contributed by atoms with Crippen molar-refractivity contribution in [3.8, 4) is 11.5 Å². The lowest BCUT2D eigenvalue weighted by Crippen LogP contribution is -2.47. The van der Waals surface area contributed by atoms with Crippen LogP contribution in [0.15, 0.2) is 53.7 Å². The van der Waals surface area contributed by atoms with Gasteiger partial charge in [0.1, 0.15) is 23.1 Å². The van der Waals surface area contributed by atoms with E-state index < -0.39 is 6.04 Å². The number of hydrogen-bond acceptors (Lipinski definition) is 14. The van der Waals surface area contributed by atoms with E-state index in [0.717, 1.165) is 112 Å². The molecule has 1 aromatic carbocycles. The van der Waals surface area contributed by atoms with Crippen LogP contribution < -0.4 is 30.7 Å². The van der Waals surface area contributed by atoms with Crippen LogP contribution in [-0.4, -0.2) is 161 Å². The number of hydrogen-bond donors (Lipinski definition) is 4. The molecule has 20 nitrogen and oxygen atoms in total. The molecule has 0 aliphatic carbocycles. The first-order valence-electron chi connectivity index (χ1n) is 38.3. The zero-order valence-electron chi connectivity index (χ0n) is 63.3. The van der Waals surface area contributed by atoms with Crippen LogP contribution in [0.25, 0.3) is 10.4 Å². The molecule has 1 aromatic rings. The first-order valence-corrected chi connectivity index (χ1v) is 38.3. The average molecular weight is 1390 g/mol. The average Bonchev–Trinajstić information content (AvgIpc) is 0.763. The number of carbonyl (C=O) groups excluding carboxylic acids is 4. The van der Waals surface area contributed by atoms with Gasteiger partial charge in [0, 0.05) is 55.9 Å². The van der Waals surface area contributed by atoms with Gasteiger partial charge in [-0.3, -0.25) is 19.2 Å². The van der Waals surface area contributed by atoms with Gasteiger partial charge in [-0.2, -0.15) is 0 Å². The van der Waals surface area contributed by atoms with Crippen molar-refractivity contribution in [2.75, 3.05) is 125 Å². The Morgan fingerprint density at radius 1 is 0.515 bits per heavy atom. The molecule has 0 radical (unpaired) electrons. The Labute approximate surface area is 598 Å². The van der Waals surface area contributed by atoms with Crippen LogP contribution in [0.2, 0.25) is 0 Å². The number of nitrogens with one attached hydrogen (secondary N) is 4. The van der Waals surface area contributed by atoms with E-state index in [1.54, 1.807) is 0 Å². The molecule has 4 amide bonds. The summed E-state index contributed by atoms with van der Waals surface area (Å²) in [5.41, 5.74) is 12.9. The fourth-order valence-electron chi connectivity index (χ4n) is 11.6. The largest absolute Gasteiger partial charge is 0.493 e. The summed E-state index contributed by atoms with van der Waals surface area (Å²) in [6.07, 6.45) is 44.8. The number of amides is 4. The maximum Gasteiger partial charge on any atom is 0.242 e. The smallest absolute Gasteiger partial charge is 0.242 e. The second-order valence-electron chi connectivity index (χ2n) is 27.3. The number of allylic oxidation sites excluding steroid dienone is 8. The maximum atomic E-state index is 13.6. The Morgan fingerprint density at radius 2 is 1.03 bits per heavy atom. The molecule has 4 atom stereocenters. The second kappa shape index (κ2) is 61.4. The molecule has 0 aromatic heterocycles. The van der Waals surface area contributed by atoms with Gasteiger partial charge in [-0.25, -0.2) is 0 Å². The Bertz CT molecular complexity index is 2430. The third-order valence-corrected chi connectivity index (χ3v) is 17.9. The van der Waals surface area contributed by atoms with Crippen molar-refractivity contribution in [3.63, 3.8) is 0 Å². The Morgan fingerprint density at radius 3 is 1.61 bits per heavy atom. The van der Waals surface area contributed by atoms with Gasteiger partial charge in [0.15, 0.2) is 0 Å². The molecule has 0 spiro atoms. The lowest BCUT2D eigenvalue weighted by atomic mass is 9.83. The highest BCUT2D eigenvalue weighted by Crippen LogP contribution is 2.45. The summed E-state index contributed by atoms with van der Waals surface area (Å²) in [6.45, 7) is 27.3. The Balaban J connectivity index is 1.68. The van der Waals surface area contributed by atoms with Gasteiger partial charge in [0.2, 0.25) is 23.6 Å². The van der Waals surface area contributed by atoms with Crippen molar-refractivity contribution >= 4 is 23.6 Å². The molecule has 1 heterocycles. The molecule has 0 fully saturated rings. The number of rotatable bonds is 66. The number of fused-ring (bicyclic) bond motifs is 1. The van der Waals surface area contributed by atoms with E-state index in [2.05, 4.69) is 142 Å². The van der Waals surface area contributed by atoms with E-state index in [4.69, 9.17) is 48.2 Å². The van der Waals surface area contributed by atoms with Crippen LogP contribution in [-0.2, 0) is 58.8 Å². The predicted octanol–water partition coefficient (Wildman–Crippen LogP) is 15.6. The molecule has 0 saturated carbocycles. The monoisotopic (exact) mass is 1390 g/mol. The zero-order valence-corrected chi connectivity index (χ0v) is 63.3. The molecule has 20 heteroatoms. The lowest BCUT2D eigenvalue weighted by molar-refractivity contribution is -0.130. The molecule has 4 N–H and O–H groups in total. The summed E-state index contributed by atoms with van der Waals surface area (Å²) in [5.74, 6) is 3.46. The molecule has 1 aliphatic rings. The van der Waals surface area contributed by atoms with Crippen molar-refractivity contribution < 1.29 is 61.8 Å². The van der Waals surface area contributed by atoms with E-state index in [1.165, 1.54) is 93.7 Å². The quantitative estimate of drug-likeness (QED) is 0.0156. The standard InChI is InChI=1S/C79H137N7O13/c1-10-11-12-13-14-15-16-17-18-19-20-21-22-23-24-25-28-39-73(87)81-47-52-92-56-60-96-61-57-93-53-48-82-74(88)41-40-72(85-75(89)43-51-91-55-59-95-63-64-97-62-58-94-54-49-84-86-80)78(90)83-46-29-26-27-30-50-98-76-68(6)69(7)77-71(70(76)8)42-45-79(9,99-77)44-33-38-67(5)37-32-36-66(4)35-31-34-65(2)3/h14-15,17-18,20-21,23-24,65-67,72H,10-13,16,19,22,25-64H2,1-9H3,(H,81,87)(H,82,88)(H,83,90)(H,85,89)/b15-14-,18-17-,21-20-,24-23-/t66-,67-,72+,79-/m1/s1. The molecule has 0 bridgehead atoms. The molecule has 566 valence electrons. The molecule has 2 rings (SSSR count). The molecular formula is C79H137N7O13. The van der Waals surface area contributed by atoms with Crippen molar-refractivity contribution in [3.05, 3.63) is 81.3 Å². The van der Waals surface area contributed by atoms with Crippen LogP contribution in [0.3, 0.4) is 0 Å². The van der Waals surface area contributed by atoms with Crippen LogP contribution in [0, 0.1) is 38.5 Å². The minimum absolute atomic E-state index is 0.0206. The predicted molar refractivity (Wildman–Crippen MR) is 400 cm³/mol. The normalized spacial score (nSPS) is 14.8. The number of azide groups is 1. The number of nitrogens with zero attached hydrogens (tertiary/aromatic N) is 3. The molecule has 0 unspecified atom stereocenters. The van der Waals surface area contributed by atoms with E-state index in [0.29, 0.717) is 98.8 Å². The fourth-order valence-corrected chi connectivity index (χ4v) is 11.6. The third-order valence-electron chi connectivity index (χ3n) is 17.9. The number of benzene rings is 1. The van der Waals surface area contributed by atoms with Gasteiger partial charge < -0.3 is 63.9 Å². The SMILES string of the molecule is CCCCC/C=C\C/C=C\C/C=C\C/C=C\CCCC(=O)NCCOCCOCCOCCNC(=O)CC[C@H](NC(=O)CCOCCOCCOCCOCCN=[N+]=[N-])C(=O)NCCCCCCOc1c(C)c(C)c2c(c1C)CC[C@@](C)(CCC[C@H](C)CCC[C@H](C)CCCC(C)C)O2. The molecule has 1 aliphatic heterocycles. The van der Waals surface area contributed by atoms with E-state index in [1.807, 2.05) is 0 Å². The minimum atomic E-state index is -0.915. The summed E-state index contributed by atoms with van der Waals surface area (Å²) in [6, 6.07) is -0.915. The third kappa shape index (κ3) is 49.0. The molecule has 0 saturated heterocycles. The highest BCUT2D eigenvalue weighted by molar-refractivity contribution is 5.88. The van der Waals surface area contributed by atoms with Gasteiger partial charge in [-0.05, 0) is 158 Å². The van der Waals surface area contributed by atoms with Crippen LogP contribution in [0.1, 0.15) is 237 Å². The second-order valence-corrected chi connectivity index (χ2v) is 27.3. The van der Waals surface area contributed by atoms with Crippen molar-refractivity contribution in [2.24, 2.45) is 22.9 Å². The van der Waals surface area contributed by atoms with Crippen LogP contribution in [0.5, 0.6) is 11.5 Å². The zero-order chi connectivity index (χ0) is 72.1. The van der Waals surface area contributed by atoms with Gasteiger partial charge in [-0.15, -0.1) is 0 Å². The number of unbranched alkanes of at least 4 members (excludes halogenated alkanes) is 7. The van der Waals surface area contributed by atoms with Crippen molar-refractivity contribution in [1.82, 2.24) is 21.3 Å². The van der Waals surface area contributed by atoms with Crippen molar-refractivity contribution in [1.29, 1.82) is 0 Å². The topological polar surface area (TPSA) is 248 Å². The van der Waals surface area contributed by atoms with Gasteiger partial charge in [0.05, 0.1) is 99.1 Å². The highest BCUT2D eigenvalue weighted by atomic mass is 16.6. The van der Waals surface area contributed by atoms with Gasteiger partial charge in [0.25, 0.3) is 0 Å². The minimum Gasteiger partial charge on any atom is -0.493 e.